The zero-order valence-electron chi connectivity index (χ0n) is 9.54. The Balaban J connectivity index is 2.08. The Labute approximate surface area is 116 Å². The van der Waals surface area contributed by atoms with Crippen molar-refractivity contribution in [2.75, 3.05) is 0 Å². The summed E-state index contributed by atoms with van der Waals surface area (Å²) in [5.41, 5.74) is 9.05. The molecule has 1 unspecified atom stereocenters. The van der Waals surface area contributed by atoms with Crippen LogP contribution in [0.1, 0.15) is 17.3 Å². The van der Waals surface area contributed by atoms with Crippen molar-refractivity contribution >= 4 is 37.5 Å². The van der Waals surface area contributed by atoms with Gasteiger partial charge in [0.05, 0.1) is 22.0 Å². The highest BCUT2D eigenvalue weighted by atomic mass is 79.9. The lowest BCUT2D eigenvalue weighted by atomic mass is 10.1. The average Bonchev–Trinajstić information content (AvgIpc) is 2.94. The predicted octanol–water partition coefficient (Wildman–Crippen LogP) is 2.24. The summed E-state index contributed by atoms with van der Waals surface area (Å²) in [5.74, 6) is 0. The molecular formula is C11H10BrN5S. The fourth-order valence-electron chi connectivity index (χ4n) is 1.86. The maximum Gasteiger partial charge on any atom is 0.153 e. The second kappa shape index (κ2) is 4.42. The van der Waals surface area contributed by atoms with Crippen LogP contribution in [0.3, 0.4) is 0 Å². The van der Waals surface area contributed by atoms with Crippen molar-refractivity contribution in [3.8, 4) is 0 Å². The zero-order chi connectivity index (χ0) is 12.7. The van der Waals surface area contributed by atoms with Crippen LogP contribution in [-0.2, 0) is 7.05 Å². The third-order valence-corrected chi connectivity index (χ3v) is 4.22. The lowest BCUT2D eigenvalue weighted by Gasteiger charge is -2.12. The van der Waals surface area contributed by atoms with E-state index in [0.29, 0.717) is 4.60 Å². The van der Waals surface area contributed by atoms with E-state index >= 15 is 0 Å². The largest absolute Gasteiger partial charge is 0.319 e. The van der Waals surface area contributed by atoms with Crippen molar-refractivity contribution in [1.29, 1.82) is 0 Å². The van der Waals surface area contributed by atoms with Gasteiger partial charge in [-0.25, -0.2) is 4.68 Å². The highest BCUT2D eigenvalue weighted by Crippen LogP contribution is 2.27. The number of aromatic nitrogens is 4. The zero-order valence-corrected chi connectivity index (χ0v) is 11.9. The van der Waals surface area contributed by atoms with Crippen LogP contribution in [0.15, 0.2) is 28.3 Å². The number of halogens is 1. The number of aryl methyl sites for hydroxylation is 1. The number of nitrogens with two attached hydrogens (primary N) is 1. The smallest absolute Gasteiger partial charge is 0.153 e. The van der Waals surface area contributed by atoms with E-state index in [-0.39, 0.29) is 6.04 Å². The summed E-state index contributed by atoms with van der Waals surface area (Å²) in [6.45, 7) is 0. The molecule has 0 bridgehead atoms. The molecule has 0 saturated carbocycles. The van der Waals surface area contributed by atoms with Crippen LogP contribution in [0, 0.1) is 0 Å². The summed E-state index contributed by atoms with van der Waals surface area (Å²) < 4.78 is 3.48. The Kier molecular flexibility index (Phi) is 2.89. The van der Waals surface area contributed by atoms with E-state index in [9.17, 15) is 0 Å². The maximum atomic E-state index is 6.26. The second-order valence-electron chi connectivity index (χ2n) is 3.94. The molecule has 0 spiro atoms. The van der Waals surface area contributed by atoms with Crippen LogP contribution < -0.4 is 5.73 Å². The van der Waals surface area contributed by atoms with Gasteiger partial charge in [-0.15, -0.1) is 16.4 Å². The summed E-state index contributed by atoms with van der Waals surface area (Å²) in [6, 6.07) is 3.77. The van der Waals surface area contributed by atoms with Crippen molar-refractivity contribution in [2.45, 2.75) is 6.04 Å². The molecule has 0 fully saturated rings. The minimum absolute atomic E-state index is 0.293. The summed E-state index contributed by atoms with van der Waals surface area (Å²) in [7, 11) is 1.82. The van der Waals surface area contributed by atoms with Crippen LogP contribution in [0.5, 0.6) is 0 Å². The van der Waals surface area contributed by atoms with Crippen molar-refractivity contribution in [3.05, 3.63) is 39.6 Å². The monoisotopic (exact) mass is 323 g/mol. The van der Waals surface area contributed by atoms with E-state index in [1.54, 1.807) is 22.2 Å². The molecular weight excluding hydrogens is 314 g/mol. The van der Waals surface area contributed by atoms with E-state index in [0.717, 1.165) is 21.5 Å². The minimum Gasteiger partial charge on any atom is -0.319 e. The van der Waals surface area contributed by atoms with Gasteiger partial charge in [0.25, 0.3) is 0 Å². The molecule has 5 nitrogen and oxygen atoms in total. The Morgan fingerprint density at radius 1 is 1.50 bits per heavy atom. The van der Waals surface area contributed by atoms with Crippen molar-refractivity contribution in [2.24, 2.45) is 12.8 Å². The van der Waals surface area contributed by atoms with Gasteiger partial charge in [0.2, 0.25) is 0 Å². The van der Waals surface area contributed by atoms with Gasteiger partial charge in [0.15, 0.2) is 4.60 Å². The van der Waals surface area contributed by atoms with E-state index in [1.807, 2.05) is 18.5 Å². The van der Waals surface area contributed by atoms with Crippen LogP contribution in [0.4, 0.5) is 0 Å². The number of thiophene rings is 1. The van der Waals surface area contributed by atoms with Gasteiger partial charge in [0, 0.05) is 13.2 Å². The average molecular weight is 324 g/mol. The summed E-state index contributed by atoms with van der Waals surface area (Å²) in [5, 5.41) is 9.91. The number of hydrogen-bond acceptors (Lipinski definition) is 5. The fourth-order valence-corrected chi connectivity index (χ4v) is 3.22. The SMILES string of the molecule is Cn1nnc(Br)c1C(N)c1cnc2ccsc2c1. The molecule has 0 aliphatic heterocycles. The first-order chi connectivity index (χ1) is 8.66. The summed E-state index contributed by atoms with van der Waals surface area (Å²) in [4.78, 5) is 4.40. The van der Waals surface area contributed by atoms with E-state index < -0.39 is 0 Å². The molecule has 3 aromatic heterocycles. The van der Waals surface area contributed by atoms with Gasteiger partial charge in [0.1, 0.15) is 0 Å². The number of nitrogens with zero attached hydrogens (tertiary/aromatic N) is 4. The first kappa shape index (κ1) is 11.8. The number of hydrogen-bond donors (Lipinski definition) is 1. The van der Waals surface area contributed by atoms with E-state index in [2.05, 4.69) is 37.3 Å². The number of rotatable bonds is 2. The Bertz CT molecular complexity index is 685. The third-order valence-electron chi connectivity index (χ3n) is 2.80. The van der Waals surface area contributed by atoms with Gasteiger partial charge in [-0.3, -0.25) is 4.98 Å². The first-order valence-corrected chi connectivity index (χ1v) is 6.98. The van der Waals surface area contributed by atoms with Gasteiger partial charge in [-0.05, 0) is 39.0 Å². The Morgan fingerprint density at radius 3 is 3.06 bits per heavy atom. The molecule has 0 aromatic carbocycles. The Hall–Kier alpha value is -1.31. The van der Waals surface area contributed by atoms with Crippen molar-refractivity contribution < 1.29 is 0 Å². The van der Waals surface area contributed by atoms with Gasteiger partial charge in [-0.2, -0.15) is 0 Å². The Morgan fingerprint density at radius 2 is 2.33 bits per heavy atom. The summed E-state index contributed by atoms with van der Waals surface area (Å²) in [6.07, 6.45) is 1.80. The highest BCUT2D eigenvalue weighted by molar-refractivity contribution is 9.10. The normalized spacial score (nSPS) is 13.1. The number of pyridine rings is 1. The molecule has 3 heterocycles. The van der Waals surface area contributed by atoms with Crippen LogP contribution >= 0.6 is 27.3 Å². The molecule has 2 N–H and O–H groups in total. The van der Waals surface area contributed by atoms with Gasteiger partial charge in [-0.1, -0.05) is 5.21 Å². The van der Waals surface area contributed by atoms with E-state index in [1.165, 1.54) is 0 Å². The quantitative estimate of drug-likeness (QED) is 0.785. The van der Waals surface area contributed by atoms with Gasteiger partial charge < -0.3 is 5.73 Å². The molecule has 0 saturated heterocycles. The standard InChI is InChI=1S/C11H10BrN5S/c1-17-10(11(12)15-16-17)9(13)6-4-8-7(14-5-6)2-3-18-8/h2-5,9H,13H2,1H3. The van der Waals surface area contributed by atoms with Crippen molar-refractivity contribution in [1.82, 2.24) is 20.0 Å². The van der Waals surface area contributed by atoms with Crippen LogP contribution in [0.25, 0.3) is 10.2 Å². The third kappa shape index (κ3) is 1.84. The number of fused-ring (bicyclic) bond motifs is 1. The summed E-state index contributed by atoms with van der Waals surface area (Å²) >= 11 is 5.02. The predicted molar refractivity (Wildman–Crippen MR) is 74.4 cm³/mol. The van der Waals surface area contributed by atoms with Crippen LogP contribution in [-0.4, -0.2) is 20.0 Å². The lowest BCUT2D eigenvalue weighted by molar-refractivity contribution is 0.650. The molecule has 3 rings (SSSR count). The maximum absolute atomic E-state index is 6.26. The molecule has 7 heteroatoms. The molecule has 0 radical (unpaired) electrons. The molecule has 3 aromatic rings. The fraction of sp³-hybridized carbons (Fsp3) is 0.182. The first-order valence-electron chi connectivity index (χ1n) is 5.30. The van der Waals surface area contributed by atoms with Crippen LogP contribution in [0.2, 0.25) is 0 Å². The molecule has 18 heavy (non-hydrogen) atoms. The molecule has 1 atom stereocenters. The highest BCUT2D eigenvalue weighted by Gasteiger charge is 2.18. The topological polar surface area (TPSA) is 69.6 Å². The molecule has 0 amide bonds. The van der Waals surface area contributed by atoms with E-state index in [4.69, 9.17) is 5.73 Å². The van der Waals surface area contributed by atoms with Gasteiger partial charge >= 0.3 is 0 Å². The molecule has 92 valence electrons. The lowest BCUT2D eigenvalue weighted by Crippen LogP contribution is -2.16. The minimum atomic E-state index is -0.293. The molecule has 0 aliphatic rings. The second-order valence-corrected chi connectivity index (χ2v) is 5.64. The molecule has 0 aliphatic carbocycles. The van der Waals surface area contributed by atoms with Crippen molar-refractivity contribution in [3.63, 3.8) is 0 Å².